The van der Waals surface area contributed by atoms with Crippen LogP contribution in [0.15, 0.2) is 24.3 Å². The highest BCUT2D eigenvalue weighted by Crippen LogP contribution is 2.18. The number of benzene rings is 1. The lowest BCUT2D eigenvalue weighted by Gasteiger charge is -2.10. The summed E-state index contributed by atoms with van der Waals surface area (Å²) in [6, 6.07) is 7.44. The summed E-state index contributed by atoms with van der Waals surface area (Å²) < 4.78 is 5.60. The molecule has 100 valence electrons. The zero-order chi connectivity index (χ0) is 13.4. The van der Waals surface area contributed by atoms with Crippen LogP contribution in [0.1, 0.15) is 26.7 Å². The standard InChI is InChI=1S/C14H20ClNO2/c1-11(2)10-18-13-6-3-5-12(9-13)16-14(17)7-4-8-15/h3,5-6,9,11H,4,7-8,10H2,1-2H3,(H,16,17). The molecular formula is C14H20ClNO2. The molecule has 1 aromatic rings. The van der Waals surface area contributed by atoms with Gasteiger partial charge in [0.05, 0.1) is 6.61 Å². The first-order chi connectivity index (χ1) is 8.61. The second-order valence-electron chi connectivity index (χ2n) is 4.57. The van der Waals surface area contributed by atoms with Gasteiger partial charge in [-0.25, -0.2) is 0 Å². The fourth-order valence-electron chi connectivity index (χ4n) is 1.38. The van der Waals surface area contributed by atoms with Crippen LogP contribution in [0.3, 0.4) is 0 Å². The monoisotopic (exact) mass is 269 g/mol. The molecule has 0 spiro atoms. The van der Waals surface area contributed by atoms with E-state index in [1.165, 1.54) is 0 Å². The fraction of sp³-hybridized carbons (Fsp3) is 0.500. The average Bonchev–Trinajstić information content (AvgIpc) is 2.34. The van der Waals surface area contributed by atoms with Gasteiger partial charge >= 0.3 is 0 Å². The molecule has 0 radical (unpaired) electrons. The topological polar surface area (TPSA) is 38.3 Å². The van der Waals surface area contributed by atoms with Crippen molar-refractivity contribution in [3.8, 4) is 5.75 Å². The van der Waals surface area contributed by atoms with Crippen molar-refractivity contribution in [2.75, 3.05) is 17.8 Å². The van der Waals surface area contributed by atoms with Gasteiger partial charge in [-0.15, -0.1) is 11.6 Å². The minimum atomic E-state index is -0.0170. The van der Waals surface area contributed by atoms with Gasteiger partial charge in [0.15, 0.2) is 0 Å². The highest BCUT2D eigenvalue weighted by Gasteiger charge is 2.03. The number of hydrogen-bond acceptors (Lipinski definition) is 2. The smallest absolute Gasteiger partial charge is 0.224 e. The summed E-state index contributed by atoms with van der Waals surface area (Å²) in [5, 5.41) is 2.83. The molecule has 1 aromatic carbocycles. The van der Waals surface area contributed by atoms with Crippen molar-refractivity contribution in [2.45, 2.75) is 26.7 Å². The maximum Gasteiger partial charge on any atom is 0.224 e. The molecule has 0 heterocycles. The second-order valence-corrected chi connectivity index (χ2v) is 4.95. The molecule has 0 aliphatic rings. The van der Waals surface area contributed by atoms with Gasteiger partial charge in [-0.3, -0.25) is 4.79 Å². The lowest BCUT2D eigenvalue weighted by Crippen LogP contribution is -2.11. The molecule has 0 fully saturated rings. The summed E-state index contributed by atoms with van der Waals surface area (Å²) in [6.45, 7) is 4.86. The Bertz CT molecular complexity index is 380. The summed E-state index contributed by atoms with van der Waals surface area (Å²) in [7, 11) is 0. The lowest BCUT2D eigenvalue weighted by molar-refractivity contribution is -0.116. The average molecular weight is 270 g/mol. The van der Waals surface area contributed by atoms with E-state index < -0.39 is 0 Å². The zero-order valence-electron chi connectivity index (χ0n) is 10.9. The van der Waals surface area contributed by atoms with E-state index in [0.29, 0.717) is 31.2 Å². The van der Waals surface area contributed by atoms with Crippen LogP contribution < -0.4 is 10.1 Å². The van der Waals surface area contributed by atoms with E-state index in [2.05, 4.69) is 19.2 Å². The predicted molar refractivity (Wildman–Crippen MR) is 75.4 cm³/mol. The number of ether oxygens (including phenoxy) is 1. The van der Waals surface area contributed by atoms with Crippen LogP contribution in [0, 0.1) is 5.92 Å². The third kappa shape index (κ3) is 5.92. The minimum Gasteiger partial charge on any atom is -0.493 e. The fourth-order valence-corrected chi connectivity index (χ4v) is 1.51. The molecule has 0 aromatic heterocycles. The predicted octanol–water partition coefficient (Wildman–Crippen LogP) is 3.68. The number of amides is 1. The van der Waals surface area contributed by atoms with E-state index >= 15 is 0 Å². The van der Waals surface area contributed by atoms with Crippen molar-refractivity contribution >= 4 is 23.2 Å². The van der Waals surface area contributed by atoms with E-state index in [-0.39, 0.29) is 5.91 Å². The van der Waals surface area contributed by atoms with Crippen LogP contribution in [-0.4, -0.2) is 18.4 Å². The van der Waals surface area contributed by atoms with Gasteiger partial charge in [0.2, 0.25) is 5.91 Å². The van der Waals surface area contributed by atoms with Gasteiger partial charge in [-0.1, -0.05) is 19.9 Å². The maximum absolute atomic E-state index is 11.5. The van der Waals surface area contributed by atoms with E-state index in [1.54, 1.807) is 0 Å². The summed E-state index contributed by atoms with van der Waals surface area (Å²) >= 11 is 5.54. The summed E-state index contributed by atoms with van der Waals surface area (Å²) in [5.41, 5.74) is 0.760. The second kappa shape index (κ2) is 7.98. The van der Waals surface area contributed by atoms with Crippen molar-refractivity contribution in [1.82, 2.24) is 0 Å². The van der Waals surface area contributed by atoms with Crippen molar-refractivity contribution in [1.29, 1.82) is 0 Å². The number of rotatable bonds is 7. The first kappa shape index (κ1) is 14.8. The van der Waals surface area contributed by atoms with Gasteiger partial charge in [0.1, 0.15) is 5.75 Å². The van der Waals surface area contributed by atoms with Gasteiger partial charge in [-0.05, 0) is 24.5 Å². The van der Waals surface area contributed by atoms with Crippen LogP contribution in [0.4, 0.5) is 5.69 Å². The van der Waals surface area contributed by atoms with Crippen LogP contribution in [-0.2, 0) is 4.79 Å². The number of carbonyl (C=O) groups excluding carboxylic acids is 1. The number of halogens is 1. The largest absolute Gasteiger partial charge is 0.493 e. The number of hydrogen-bond donors (Lipinski definition) is 1. The van der Waals surface area contributed by atoms with Gasteiger partial charge in [0, 0.05) is 24.1 Å². The van der Waals surface area contributed by atoms with Crippen molar-refractivity contribution in [2.24, 2.45) is 5.92 Å². The van der Waals surface area contributed by atoms with E-state index in [1.807, 2.05) is 24.3 Å². The Hall–Kier alpha value is -1.22. The van der Waals surface area contributed by atoms with Crippen LogP contribution >= 0.6 is 11.6 Å². The summed E-state index contributed by atoms with van der Waals surface area (Å²) in [6.07, 6.45) is 1.14. The third-order valence-corrected chi connectivity index (χ3v) is 2.51. The zero-order valence-corrected chi connectivity index (χ0v) is 11.7. The molecular weight excluding hydrogens is 250 g/mol. The number of anilines is 1. The Morgan fingerprint density at radius 1 is 1.44 bits per heavy atom. The van der Waals surface area contributed by atoms with E-state index in [0.717, 1.165) is 11.4 Å². The number of nitrogens with one attached hydrogen (secondary N) is 1. The molecule has 0 unspecified atom stereocenters. The Labute approximate surface area is 113 Å². The SMILES string of the molecule is CC(C)COc1cccc(NC(=O)CCCCl)c1. The Kier molecular flexibility index (Phi) is 6.58. The van der Waals surface area contributed by atoms with Crippen LogP contribution in [0.25, 0.3) is 0 Å². The van der Waals surface area contributed by atoms with E-state index in [4.69, 9.17) is 16.3 Å². The minimum absolute atomic E-state index is 0.0170. The molecule has 0 aliphatic heterocycles. The van der Waals surface area contributed by atoms with Gasteiger partial charge in [-0.2, -0.15) is 0 Å². The molecule has 3 nitrogen and oxygen atoms in total. The van der Waals surface area contributed by atoms with Crippen molar-refractivity contribution < 1.29 is 9.53 Å². The summed E-state index contributed by atoms with van der Waals surface area (Å²) in [4.78, 5) is 11.5. The third-order valence-electron chi connectivity index (χ3n) is 2.24. The normalized spacial score (nSPS) is 10.4. The molecule has 0 aliphatic carbocycles. The quantitative estimate of drug-likeness (QED) is 0.767. The highest BCUT2D eigenvalue weighted by atomic mass is 35.5. The van der Waals surface area contributed by atoms with Crippen molar-refractivity contribution in [3.63, 3.8) is 0 Å². The lowest BCUT2D eigenvalue weighted by atomic mass is 10.2. The first-order valence-corrected chi connectivity index (χ1v) is 6.74. The molecule has 1 rings (SSSR count). The molecule has 0 saturated heterocycles. The highest BCUT2D eigenvalue weighted by molar-refractivity contribution is 6.18. The number of alkyl halides is 1. The van der Waals surface area contributed by atoms with E-state index in [9.17, 15) is 4.79 Å². The van der Waals surface area contributed by atoms with Gasteiger partial charge in [0.25, 0.3) is 0 Å². The Morgan fingerprint density at radius 2 is 2.22 bits per heavy atom. The molecule has 0 atom stereocenters. The molecule has 0 saturated carbocycles. The molecule has 0 bridgehead atoms. The first-order valence-electron chi connectivity index (χ1n) is 6.20. The molecule has 18 heavy (non-hydrogen) atoms. The Balaban J connectivity index is 2.51. The van der Waals surface area contributed by atoms with Crippen molar-refractivity contribution in [3.05, 3.63) is 24.3 Å². The van der Waals surface area contributed by atoms with Crippen LogP contribution in [0.5, 0.6) is 5.75 Å². The Morgan fingerprint density at radius 3 is 2.89 bits per heavy atom. The van der Waals surface area contributed by atoms with Crippen LogP contribution in [0.2, 0.25) is 0 Å². The molecule has 1 N–H and O–H groups in total. The number of carbonyl (C=O) groups is 1. The summed E-state index contributed by atoms with van der Waals surface area (Å²) in [5.74, 6) is 1.74. The van der Waals surface area contributed by atoms with Gasteiger partial charge < -0.3 is 10.1 Å². The molecule has 4 heteroatoms. The maximum atomic E-state index is 11.5. The molecule has 1 amide bonds.